The zero-order valence-corrected chi connectivity index (χ0v) is 41.0. The Bertz CT molecular complexity index is 4660. The van der Waals surface area contributed by atoms with Crippen molar-refractivity contribution in [1.29, 1.82) is 0 Å². The highest BCUT2D eigenvalue weighted by molar-refractivity contribution is 6.20. The summed E-state index contributed by atoms with van der Waals surface area (Å²) in [6.45, 7) is 0. The molecule has 7 nitrogen and oxygen atoms in total. The van der Waals surface area contributed by atoms with E-state index in [-0.39, 0.29) is 0 Å². The number of hydrogen-bond donors (Lipinski definition) is 0. The highest BCUT2D eigenvalue weighted by Gasteiger charge is 2.25. The van der Waals surface area contributed by atoms with Crippen molar-refractivity contribution >= 4 is 87.2 Å². The van der Waals surface area contributed by atoms with Gasteiger partial charge in [0, 0.05) is 60.0 Å². The van der Waals surface area contributed by atoms with Crippen LogP contribution in [0.25, 0.3) is 144 Å². The van der Waals surface area contributed by atoms with Crippen molar-refractivity contribution < 1.29 is 0 Å². The highest BCUT2D eigenvalue weighted by Crippen LogP contribution is 2.43. The van der Waals surface area contributed by atoms with Gasteiger partial charge < -0.3 is 9.13 Å². The molecule has 0 aliphatic rings. The smallest absolute Gasteiger partial charge is 0.240 e. The molecule has 0 spiro atoms. The molecular formula is C69H43N7. The van der Waals surface area contributed by atoms with Crippen molar-refractivity contribution in [2.24, 2.45) is 0 Å². The van der Waals surface area contributed by atoms with E-state index in [4.69, 9.17) is 15.0 Å². The molecule has 0 aliphatic carbocycles. The molecule has 16 aromatic rings. The first kappa shape index (κ1) is 42.2. The molecule has 11 aromatic carbocycles. The minimum Gasteiger partial charge on any atom is -0.309 e. The molecule has 0 N–H and O–H groups in total. The van der Waals surface area contributed by atoms with Crippen molar-refractivity contribution in [3.05, 3.63) is 261 Å². The lowest BCUT2D eigenvalue weighted by Crippen LogP contribution is -2.10. The topological polar surface area (TPSA) is 58.4 Å². The van der Waals surface area contributed by atoms with Crippen molar-refractivity contribution in [1.82, 2.24) is 33.2 Å². The third kappa shape index (κ3) is 6.39. The lowest BCUT2D eigenvalue weighted by Gasteiger charge is -2.14. The number of benzene rings is 11. The molecule has 0 aliphatic heterocycles. The van der Waals surface area contributed by atoms with Crippen molar-refractivity contribution in [2.45, 2.75) is 0 Å². The molecule has 0 radical (unpaired) electrons. The van der Waals surface area contributed by atoms with Crippen LogP contribution >= 0.6 is 0 Å². The van der Waals surface area contributed by atoms with E-state index in [9.17, 15) is 0 Å². The van der Waals surface area contributed by atoms with Crippen molar-refractivity contribution in [3.63, 3.8) is 0 Å². The minimum absolute atomic E-state index is 0.524. The molecule has 0 bridgehead atoms. The van der Waals surface area contributed by atoms with Gasteiger partial charge in [-0.25, -0.2) is 0 Å². The molecule has 0 saturated heterocycles. The van der Waals surface area contributed by atoms with E-state index in [0.717, 1.165) is 116 Å². The van der Waals surface area contributed by atoms with Gasteiger partial charge in [-0.1, -0.05) is 170 Å². The number of aromatic nitrogens is 7. The van der Waals surface area contributed by atoms with Crippen LogP contribution < -0.4 is 0 Å². The van der Waals surface area contributed by atoms with E-state index in [1.54, 1.807) is 0 Å². The number of nitrogens with zero attached hydrogens (tertiary/aromatic N) is 7. The molecule has 7 heteroatoms. The Kier molecular flexibility index (Phi) is 9.20. The summed E-state index contributed by atoms with van der Waals surface area (Å²) >= 11 is 0. The SMILES string of the molecule is c1ccc(-c2cc(-c3ccccc3)cc(-c3nc(-n4c5ccccc5c5cc6c(cc54)c4ccccc4n6-c4ccccc4)nc(-n4c5ccccc5c5cc6c(cc54)c4ccccc4n6-c4ccccc4)n3)c2)cc1. The maximum Gasteiger partial charge on any atom is 0.240 e. The van der Waals surface area contributed by atoms with Gasteiger partial charge in [0.05, 0.1) is 44.1 Å². The first-order valence-electron chi connectivity index (χ1n) is 25.8. The predicted octanol–water partition coefficient (Wildman–Crippen LogP) is 17.3. The van der Waals surface area contributed by atoms with Crippen LogP contribution in [0.15, 0.2) is 261 Å². The van der Waals surface area contributed by atoms with Crippen LogP contribution in [0.5, 0.6) is 0 Å². The summed E-state index contributed by atoms with van der Waals surface area (Å²) in [6.07, 6.45) is 0. The van der Waals surface area contributed by atoms with Crippen LogP contribution in [0.4, 0.5) is 0 Å². The average molecular weight is 970 g/mol. The molecule has 0 amide bonds. The normalized spacial score (nSPS) is 11.9. The summed E-state index contributed by atoms with van der Waals surface area (Å²) in [6, 6.07) is 93.3. The molecule has 0 saturated carbocycles. The van der Waals surface area contributed by atoms with Gasteiger partial charge in [0.1, 0.15) is 0 Å². The van der Waals surface area contributed by atoms with Gasteiger partial charge >= 0.3 is 0 Å². The lowest BCUT2D eigenvalue weighted by molar-refractivity contribution is 0.893. The number of rotatable bonds is 7. The molecular weight excluding hydrogens is 927 g/mol. The number of hydrogen-bond acceptors (Lipinski definition) is 3. The summed E-state index contributed by atoms with van der Waals surface area (Å²) in [5.74, 6) is 1.61. The van der Waals surface area contributed by atoms with E-state index in [1.807, 2.05) is 0 Å². The van der Waals surface area contributed by atoms with Gasteiger partial charge in [0.2, 0.25) is 11.9 Å². The molecule has 16 rings (SSSR count). The fraction of sp³-hybridized carbons (Fsp3) is 0. The fourth-order valence-electron chi connectivity index (χ4n) is 12.0. The molecule has 0 atom stereocenters. The van der Waals surface area contributed by atoms with E-state index in [2.05, 4.69) is 279 Å². The summed E-state index contributed by atoms with van der Waals surface area (Å²) in [5, 5.41) is 9.08. The Morgan fingerprint density at radius 3 is 0.855 bits per heavy atom. The molecule has 0 fully saturated rings. The summed E-state index contributed by atoms with van der Waals surface area (Å²) < 4.78 is 9.28. The standard InChI is InChI=1S/C69H43N7/c1-5-21-44(22-6-1)46-37-47(45-23-7-2-8-24-45)39-48(38-46)67-70-68(75-61-35-19-15-31-53(61)57-40-63-55(42-65(57)75)51-29-13-17-33-59(51)73(63)49-25-9-3-10-26-49)72-69(71-67)76-62-36-20-16-32-54(62)58-41-64-56(43-66(58)76)52-30-14-18-34-60(52)74(64)50-27-11-4-12-28-50/h1-43H. The van der Waals surface area contributed by atoms with Crippen LogP contribution in [0.2, 0.25) is 0 Å². The zero-order valence-electron chi connectivity index (χ0n) is 41.0. The van der Waals surface area contributed by atoms with Crippen LogP contribution in [-0.4, -0.2) is 33.2 Å². The Morgan fingerprint density at radius 2 is 0.487 bits per heavy atom. The second kappa shape index (κ2) is 16.6. The molecule has 76 heavy (non-hydrogen) atoms. The Balaban J connectivity index is 1.03. The molecule has 0 unspecified atom stereocenters. The minimum atomic E-state index is 0.524. The van der Waals surface area contributed by atoms with E-state index >= 15 is 0 Å². The van der Waals surface area contributed by atoms with Gasteiger partial charge in [-0.05, 0) is 113 Å². The summed E-state index contributed by atoms with van der Waals surface area (Å²) in [4.78, 5) is 16.9. The van der Waals surface area contributed by atoms with Gasteiger partial charge in [0.15, 0.2) is 5.82 Å². The van der Waals surface area contributed by atoms with E-state index in [0.29, 0.717) is 17.7 Å². The Morgan fingerprint density at radius 1 is 0.197 bits per heavy atom. The maximum atomic E-state index is 5.69. The van der Waals surface area contributed by atoms with Gasteiger partial charge in [-0.3, -0.25) is 9.13 Å². The van der Waals surface area contributed by atoms with Crippen molar-refractivity contribution in [3.8, 4) is 56.9 Å². The Hall–Kier alpha value is -10.4. The number of fused-ring (bicyclic) bond motifs is 12. The van der Waals surface area contributed by atoms with Gasteiger partial charge in [-0.15, -0.1) is 0 Å². The lowest BCUT2D eigenvalue weighted by atomic mass is 9.96. The number of para-hydroxylation sites is 6. The van der Waals surface area contributed by atoms with Gasteiger partial charge in [-0.2, -0.15) is 15.0 Å². The van der Waals surface area contributed by atoms with Crippen molar-refractivity contribution in [2.75, 3.05) is 0 Å². The largest absolute Gasteiger partial charge is 0.309 e. The molecule has 5 aromatic heterocycles. The predicted molar refractivity (Wildman–Crippen MR) is 313 cm³/mol. The van der Waals surface area contributed by atoms with E-state index in [1.165, 1.54) is 10.8 Å². The zero-order chi connectivity index (χ0) is 49.8. The quantitative estimate of drug-likeness (QED) is 0.160. The highest BCUT2D eigenvalue weighted by atomic mass is 15.3. The van der Waals surface area contributed by atoms with Crippen LogP contribution in [0.1, 0.15) is 0 Å². The fourth-order valence-corrected chi connectivity index (χ4v) is 12.0. The van der Waals surface area contributed by atoms with Crippen LogP contribution in [0, 0.1) is 0 Å². The summed E-state index contributed by atoms with van der Waals surface area (Å²) in [7, 11) is 0. The maximum absolute atomic E-state index is 5.69. The van der Waals surface area contributed by atoms with Crippen LogP contribution in [0.3, 0.4) is 0 Å². The van der Waals surface area contributed by atoms with E-state index < -0.39 is 0 Å². The third-order valence-electron chi connectivity index (χ3n) is 15.4. The molecule has 5 heterocycles. The molecule has 354 valence electrons. The Labute approximate surface area is 436 Å². The monoisotopic (exact) mass is 969 g/mol. The second-order valence-electron chi connectivity index (χ2n) is 19.6. The van der Waals surface area contributed by atoms with Crippen LogP contribution in [-0.2, 0) is 0 Å². The first-order chi connectivity index (χ1) is 37.7. The van der Waals surface area contributed by atoms with Gasteiger partial charge in [0.25, 0.3) is 0 Å². The first-order valence-corrected chi connectivity index (χ1v) is 25.8. The third-order valence-corrected chi connectivity index (χ3v) is 15.4. The second-order valence-corrected chi connectivity index (χ2v) is 19.6. The summed E-state index contributed by atoms with van der Waals surface area (Å²) in [5.41, 5.74) is 16.1. The average Bonchev–Trinajstić information content (AvgIpc) is 4.33.